The molecule has 0 saturated carbocycles. The molecule has 5 nitrogen and oxygen atoms in total. The number of rotatable bonds is 6. The highest BCUT2D eigenvalue weighted by Crippen LogP contribution is 2.33. The smallest absolute Gasteiger partial charge is 0.264 e. The van der Waals surface area contributed by atoms with Gasteiger partial charge in [0, 0.05) is 5.69 Å². The van der Waals surface area contributed by atoms with Gasteiger partial charge in [0.25, 0.3) is 5.91 Å². The molecule has 2 N–H and O–H groups in total. The van der Waals surface area contributed by atoms with Gasteiger partial charge in [-0.25, -0.2) is 0 Å². The van der Waals surface area contributed by atoms with Gasteiger partial charge in [-0.1, -0.05) is 48.5 Å². The Kier molecular flexibility index (Phi) is 6.99. The predicted molar refractivity (Wildman–Crippen MR) is 134 cm³/mol. The largest absolute Gasteiger partial charge is 0.483 e. The standard InChI is InChI=1S/C25H19BrN2O3S/c26-24-21-9-5-4-6-17(21)10-15-22(24)30-16-23(29)28-25(32)27-18-11-13-20(14-12-18)31-19-7-2-1-3-8-19/h1-15H,16H2,(H2,27,28,29,32). The van der Waals surface area contributed by atoms with Crippen LogP contribution in [0.25, 0.3) is 10.8 Å². The number of carbonyl (C=O) groups excluding carboxylic acids is 1. The van der Waals surface area contributed by atoms with Crippen LogP contribution in [0.15, 0.2) is 95.5 Å². The summed E-state index contributed by atoms with van der Waals surface area (Å²) in [6.07, 6.45) is 0. The first kappa shape index (κ1) is 21.8. The minimum absolute atomic E-state index is 0.164. The molecule has 0 aliphatic carbocycles. The Morgan fingerprint density at radius 2 is 1.53 bits per heavy atom. The third-order valence-electron chi connectivity index (χ3n) is 4.53. The molecule has 0 bridgehead atoms. The first-order valence-electron chi connectivity index (χ1n) is 9.82. The molecule has 4 rings (SSSR count). The number of carbonyl (C=O) groups is 1. The summed E-state index contributed by atoms with van der Waals surface area (Å²) < 4.78 is 12.2. The van der Waals surface area contributed by atoms with Crippen LogP contribution in [0.5, 0.6) is 17.2 Å². The minimum atomic E-state index is -0.355. The molecule has 0 saturated heterocycles. The number of halogens is 1. The highest BCUT2D eigenvalue weighted by molar-refractivity contribution is 9.10. The third kappa shape index (κ3) is 5.63. The molecule has 0 aromatic heterocycles. The Hall–Kier alpha value is -3.42. The Morgan fingerprint density at radius 1 is 0.844 bits per heavy atom. The van der Waals surface area contributed by atoms with Crippen LogP contribution in [0.3, 0.4) is 0 Å². The number of anilines is 1. The zero-order valence-corrected chi connectivity index (χ0v) is 19.3. The van der Waals surface area contributed by atoms with Gasteiger partial charge >= 0.3 is 0 Å². The lowest BCUT2D eigenvalue weighted by Crippen LogP contribution is -2.37. The molecule has 0 radical (unpaired) electrons. The molecule has 0 aliphatic rings. The van der Waals surface area contributed by atoms with E-state index in [1.807, 2.05) is 91.0 Å². The number of hydrogen-bond acceptors (Lipinski definition) is 4. The summed E-state index contributed by atoms with van der Waals surface area (Å²) in [6.45, 7) is -0.164. The molecule has 4 aromatic carbocycles. The SMILES string of the molecule is O=C(COc1ccc2ccccc2c1Br)NC(=S)Nc1ccc(Oc2ccccc2)cc1. The fourth-order valence-electron chi connectivity index (χ4n) is 3.02. The Labute approximate surface area is 199 Å². The van der Waals surface area contributed by atoms with Gasteiger partial charge in [0.05, 0.1) is 4.47 Å². The molecule has 0 fully saturated rings. The number of ether oxygens (including phenoxy) is 2. The number of amides is 1. The molecular weight excluding hydrogens is 488 g/mol. The first-order valence-corrected chi connectivity index (χ1v) is 11.0. The zero-order valence-electron chi connectivity index (χ0n) is 16.9. The van der Waals surface area contributed by atoms with E-state index in [4.69, 9.17) is 21.7 Å². The van der Waals surface area contributed by atoms with Gasteiger partial charge in [0.1, 0.15) is 17.2 Å². The second-order valence-corrected chi connectivity index (χ2v) is 8.03. The van der Waals surface area contributed by atoms with Crippen LogP contribution >= 0.6 is 28.1 Å². The lowest BCUT2D eigenvalue weighted by Gasteiger charge is -2.12. The summed E-state index contributed by atoms with van der Waals surface area (Å²) in [5.74, 6) is 1.69. The molecule has 1 amide bonds. The summed E-state index contributed by atoms with van der Waals surface area (Å²) in [4.78, 5) is 12.3. The van der Waals surface area contributed by atoms with Crippen molar-refractivity contribution in [1.29, 1.82) is 0 Å². The van der Waals surface area contributed by atoms with Crippen molar-refractivity contribution in [2.24, 2.45) is 0 Å². The van der Waals surface area contributed by atoms with Crippen molar-refractivity contribution in [2.45, 2.75) is 0 Å². The molecule has 0 heterocycles. The zero-order chi connectivity index (χ0) is 22.3. The third-order valence-corrected chi connectivity index (χ3v) is 5.55. The van der Waals surface area contributed by atoms with Gasteiger partial charge in [0.15, 0.2) is 11.7 Å². The summed E-state index contributed by atoms with van der Waals surface area (Å²) >= 11 is 8.78. The average molecular weight is 507 g/mol. The molecule has 32 heavy (non-hydrogen) atoms. The van der Waals surface area contributed by atoms with Crippen molar-refractivity contribution >= 4 is 55.6 Å². The molecular formula is C25H19BrN2O3S. The normalized spacial score (nSPS) is 10.4. The van der Waals surface area contributed by atoms with Crippen LogP contribution in [0.2, 0.25) is 0 Å². The van der Waals surface area contributed by atoms with Crippen molar-refractivity contribution in [3.63, 3.8) is 0 Å². The van der Waals surface area contributed by atoms with E-state index in [1.54, 1.807) is 0 Å². The minimum Gasteiger partial charge on any atom is -0.483 e. The lowest BCUT2D eigenvalue weighted by molar-refractivity contribution is -0.121. The summed E-state index contributed by atoms with van der Waals surface area (Å²) in [6, 6.07) is 28.5. The maximum absolute atomic E-state index is 12.3. The fourth-order valence-corrected chi connectivity index (χ4v) is 3.86. The van der Waals surface area contributed by atoms with Crippen molar-refractivity contribution in [1.82, 2.24) is 5.32 Å². The number of thiocarbonyl (C=S) groups is 1. The van der Waals surface area contributed by atoms with Crippen LogP contribution < -0.4 is 20.1 Å². The number of fused-ring (bicyclic) bond motifs is 1. The van der Waals surface area contributed by atoms with E-state index in [1.165, 1.54) is 0 Å². The first-order chi connectivity index (χ1) is 15.6. The quantitative estimate of drug-likeness (QED) is 0.301. The van der Waals surface area contributed by atoms with Gasteiger partial charge in [-0.15, -0.1) is 0 Å². The van der Waals surface area contributed by atoms with Gasteiger partial charge in [-0.2, -0.15) is 0 Å². The van der Waals surface area contributed by atoms with E-state index >= 15 is 0 Å². The van der Waals surface area contributed by atoms with E-state index in [0.717, 1.165) is 26.7 Å². The topological polar surface area (TPSA) is 59.6 Å². The van der Waals surface area contributed by atoms with Crippen LogP contribution in [0.4, 0.5) is 5.69 Å². The second-order valence-electron chi connectivity index (χ2n) is 6.83. The Balaban J connectivity index is 1.28. The fraction of sp³-hybridized carbons (Fsp3) is 0.0400. The van der Waals surface area contributed by atoms with Gasteiger partial charge in [0.2, 0.25) is 0 Å². The molecule has 0 spiro atoms. The van der Waals surface area contributed by atoms with Crippen molar-refractivity contribution in [3.05, 3.63) is 95.5 Å². The van der Waals surface area contributed by atoms with E-state index in [2.05, 4.69) is 26.6 Å². The molecule has 0 atom stereocenters. The Morgan fingerprint density at radius 3 is 2.31 bits per heavy atom. The van der Waals surface area contributed by atoms with Crippen LogP contribution in [0.1, 0.15) is 0 Å². The van der Waals surface area contributed by atoms with Crippen molar-refractivity contribution in [3.8, 4) is 17.2 Å². The van der Waals surface area contributed by atoms with Crippen molar-refractivity contribution in [2.75, 3.05) is 11.9 Å². The number of para-hydroxylation sites is 1. The molecule has 0 unspecified atom stereocenters. The van der Waals surface area contributed by atoms with E-state index in [9.17, 15) is 4.79 Å². The summed E-state index contributed by atoms with van der Waals surface area (Å²) in [7, 11) is 0. The number of hydrogen-bond donors (Lipinski definition) is 2. The second kappa shape index (κ2) is 10.3. The number of nitrogens with one attached hydrogen (secondary N) is 2. The number of benzene rings is 4. The maximum Gasteiger partial charge on any atom is 0.264 e. The summed E-state index contributed by atoms with van der Waals surface area (Å²) in [5, 5.41) is 7.89. The van der Waals surface area contributed by atoms with E-state index in [-0.39, 0.29) is 17.6 Å². The van der Waals surface area contributed by atoms with E-state index in [0.29, 0.717) is 11.5 Å². The Bertz CT molecular complexity index is 1250. The van der Waals surface area contributed by atoms with Crippen LogP contribution in [-0.4, -0.2) is 17.6 Å². The maximum atomic E-state index is 12.3. The van der Waals surface area contributed by atoms with Crippen LogP contribution in [-0.2, 0) is 4.79 Å². The monoisotopic (exact) mass is 506 g/mol. The highest BCUT2D eigenvalue weighted by atomic mass is 79.9. The van der Waals surface area contributed by atoms with Crippen LogP contribution in [0, 0.1) is 0 Å². The lowest BCUT2D eigenvalue weighted by atomic mass is 10.1. The summed E-state index contributed by atoms with van der Waals surface area (Å²) in [5.41, 5.74) is 0.730. The van der Waals surface area contributed by atoms with Crippen molar-refractivity contribution < 1.29 is 14.3 Å². The highest BCUT2D eigenvalue weighted by Gasteiger charge is 2.10. The molecule has 0 aliphatic heterocycles. The molecule has 4 aromatic rings. The predicted octanol–water partition coefficient (Wildman–Crippen LogP) is 6.29. The van der Waals surface area contributed by atoms with Gasteiger partial charge in [-0.3, -0.25) is 10.1 Å². The average Bonchev–Trinajstić information content (AvgIpc) is 2.81. The molecule has 160 valence electrons. The molecule has 7 heteroatoms. The van der Waals surface area contributed by atoms with Gasteiger partial charge in [-0.05, 0) is 81.4 Å². The van der Waals surface area contributed by atoms with Gasteiger partial charge < -0.3 is 14.8 Å². The van der Waals surface area contributed by atoms with E-state index < -0.39 is 0 Å².